The molecule has 0 aromatic heterocycles. The number of hydrogen-bond acceptors (Lipinski definition) is 4. The Hall–Kier alpha value is -1.10. The lowest BCUT2D eigenvalue weighted by Gasteiger charge is -2.41. The molecule has 0 N–H and O–H groups in total. The highest BCUT2D eigenvalue weighted by Crippen LogP contribution is 2.29. The van der Waals surface area contributed by atoms with Gasteiger partial charge in [0.1, 0.15) is 0 Å². The molecule has 0 spiro atoms. The molecule has 27 heavy (non-hydrogen) atoms. The minimum Gasteiger partial charge on any atom is -0.378 e. The number of nitrogens with zero attached hydrogens (tertiary/aromatic N) is 3. The molecule has 1 aliphatic heterocycles. The largest absolute Gasteiger partial charge is 0.378 e. The van der Waals surface area contributed by atoms with Crippen molar-refractivity contribution in [1.82, 2.24) is 9.80 Å². The lowest BCUT2D eigenvalue weighted by Crippen LogP contribution is -2.48. The van der Waals surface area contributed by atoms with Crippen LogP contribution in [-0.4, -0.2) is 67.8 Å². The van der Waals surface area contributed by atoms with E-state index in [0.29, 0.717) is 18.2 Å². The standard InChI is InChI=1S/C23H39N3O/c1-5-6-15-27-23-16-22(17-23)24(4)18-20-7-9-21(10-8-20)26-13-11-25(12-14-26)19(2)3/h7-10,19,22-23H,5-6,11-18H2,1-4H3. The Balaban J connectivity index is 1.41. The summed E-state index contributed by atoms with van der Waals surface area (Å²) in [6, 6.07) is 10.6. The molecule has 4 nitrogen and oxygen atoms in total. The number of benzene rings is 1. The van der Waals surface area contributed by atoms with Crippen LogP contribution in [0, 0.1) is 0 Å². The number of hydrogen-bond donors (Lipinski definition) is 0. The van der Waals surface area contributed by atoms with Crippen molar-refractivity contribution in [2.75, 3.05) is 44.7 Å². The zero-order valence-electron chi connectivity index (χ0n) is 17.9. The van der Waals surface area contributed by atoms with Crippen LogP contribution in [0.15, 0.2) is 24.3 Å². The molecule has 2 aliphatic rings. The summed E-state index contributed by atoms with van der Waals surface area (Å²) < 4.78 is 5.92. The number of ether oxygens (including phenoxy) is 1. The van der Waals surface area contributed by atoms with E-state index in [1.165, 1.54) is 50.0 Å². The van der Waals surface area contributed by atoms with Gasteiger partial charge in [0.25, 0.3) is 0 Å². The first-order valence-electron chi connectivity index (χ1n) is 11.0. The quantitative estimate of drug-likeness (QED) is 0.609. The van der Waals surface area contributed by atoms with Crippen LogP contribution in [0.1, 0.15) is 52.0 Å². The predicted molar refractivity (Wildman–Crippen MR) is 115 cm³/mol. The summed E-state index contributed by atoms with van der Waals surface area (Å²) in [6.07, 6.45) is 5.29. The summed E-state index contributed by atoms with van der Waals surface area (Å²) in [5.74, 6) is 0. The van der Waals surface area contributed by atoms with Crippen LogP contribution >= 0.6 is 0 Å². The van der Waals surface area contributed by atoms with Crippen molar-refractivity contribution in [3.05, 3.63) is 29.8 Å². The molecule has 0 bridgehead atoms. The highest BCUT2D eigenvalue weighted by molar-refractivity contribution is 5.48. The Labute approximate surface area is 166 Å². The Morgan fingerprint density at radius 2 is 1.74 bits per heavy atom. The van der Waals surface area contributed by atoms with E-state index in [9.17, 15) is 0 Å². The first-order chi connectivity index (χ1) is 13.1. The van der Waals surface area contributed by atoms with Gasteiger partial charge in [0.05, 0.1) is 6.10 Å². The fraction of sp³-hybridized carbons (Fsp3) is 0.739. The third-order valence-electron chi connectivity index (χ3n) is 6.32. The summed E-state index contributed by atoms with van der Waals surface area (Å²) in [4.78, 5) is 7.59. The van der Waals surface area contributed by atoms with Crippen LogP contribution in [0.2, 0.25) is 0 Å². The van der Waals surface area contributed by atoms with Gasteiger partial charge in [-0.25, -0.2) is 0 Å². The van der Waals surface area contributed by atoms with Crippen molar-refractivity contribution in [3.63, 3.8) is 0 Å². The van der Waals surface area contributed by atoms with E-state index < -0.39 is 0 Å². The third kappa shape index (κ3) is 5.69. The van der Waals surface area contributed by atoms with Crippen LogP contribution in [0.25, 0.3) is 0 Å². The molecule has 1 heterocycles. The molecule has 3 rings (SSSR count). The first-order valence-corrected chi connectivity index (χ1v) is 11.0. The van der Waals surface area contributed by atoms with Gasteiger partial charge in [-0.2, -0.15) is 0 Å². The Kier molecular flexibility index (Phi) is 7.57. The summed E-state index contributed by atoms with van der Waals surface area (Å²) >= 11 is 0. The Bertz CT molecular complexity index is 545. The van der Waals surface area contributed by atoms with Gasteiger partial charge >= 0.3 is 0 Å². The number of anilines is 1. The molecule has 4 heteroatoms. The minimum atomic E-state index is 0.496. The van der Waals surface area contributed by atoms with Crippen LogP contribution < -0.4 is 4.90 Å². The van der Waals surface area contributed by atoms with Gasteiger partial charge in [0, 0.05) is 57.1 Å². The van der Waals surface area contributed by atoms with Gasteiger partial charge in [0.15, 0.2) is 0 Å². The summed E-state index contributed by atoms with van der Waals surface area (Å²) in [5.41, 5.74) is 2.79. The highest BCUT2D eigenvalue weighted by Gasteiger charge is 2.32. The van der Waals surface area contributed by atoms with Gasteiger partial charge in [-0.15, -0.1) is 0 Å². The Morgan fingerprint density at radius 1 is 1.07 bits per heavy atom. The zero-order chi connectivity index (χ0) is 19.2. The lowest BCUT2D eigenvalue weighted by atomic mass is 9.88. The molecule has 0 unspecified atom stereocenters. The molecule has 1 saturated heterocycles. The van der Waals surface area contributed by atoms with Crippen molar-refractivity contribution in [1.29, 1.82) is 0 Å². The van der Waals surface area contributed by atoms with Crippen LogP contribution in [0.4, 0.5) is 5.69 Å². The van der Waals surface area contributed by atoms with E-state index in [2.05, 4.69) is 66.8 Å². The normalized spacial score (nSPS) is 23.9. The lowest BCUT2D eigenvalue weighted by molar-refractivity contribution is -0.0476. The minimum absolute atomic E-state index is 0.496. The van der Waals surface area contributed by atoms with Gasteiger partial charge in [-0.3, -0.25) is 9.80 Å². The van der Waals surface area contributed by atoms with Crippen molar-refractivity contribution in [2.24, 2.45) is 0 Å². The summed E-state index contributed by atoms with van der Waals surface area (Å²) in [7, 11) is 2.26. The maximum absolute atomic E-state index is 5.92. The molecule has 1 aromatic carbocycles. The van der Waals surface area contributed by atoms with E-state index >= 15 is 0 Å². The van der Waals surface area contributed by atoms with Crippen molar-refractivity contribution in [3.8, 4) is 0 Å². The molecule has 0 atom stereocenters. The summed E-state index contributed by atoms with van der Waals surface area (Å²) in [6.45, 7) is 13.4. The van der Waals surface area contributed by atoms with Crippen molar-refractivity contribution < 1.29 is 4.74 Å². The molecular formula is C23H39N3O. The zero-order valence-corrected chi connectivity index (χ0v) is 17.9. The van der Waals surface area contributed by atoms with E-state index in [0.717, 1.165) is 26.2 Å². The Morgan fingerprint density at radius 3 is 2.33 bits per heavy atom. The smallest absolute Gasteiger partial charge is 0.0605 e. The average molecular weight is 374 g/mol. The average Bonchev–Trinajstić information content (AvgIpc) is 2.64. The first kappa shape index (κ1) is 20.6. The molecule has 1 aromatic rings. The highest BCUT2D eigenvalue weighted by atomic mass is 16.5. The second kappa shape index (κ2) is 9.90. The topological polar surface area (TPSA) is 19.0 Å². The maximum Gasteiger partial charge on any atom is 0.0605 e. The molecule has 0 radical (unpaired) electrons. The second-order valence-corrected chi connectivity index (χ2v) is 8.67. The molecule has 1 saturated carbocycles. The van der Waals surface area contributed by atoms with Crippen LogP contribution in [0.5, 0.6) is 0 Å². The monoisotopic (exact) mass is 373 g/mol. The molecule has 152 valence electrons. The van der Waals surface area contributed by atoms with Crippen LogP contribution in [0.3, 0.4) is 0 Å². The molecular weight excluding hydrogens is 334 g/mol. The third-order valence-corrected chi connectivity index (χ3v) is 6.32. The second-order valence-electron chi connectivity index (χ2n) is 8.67. The SMILES string of the molecule is CCCCOC1CC(N(C)Cc2ccc(N3CCN(C(C)C)CC3)cc2)C1. The van der Waals surface area contributed by atoms with Crippen molar-refractivity contribution >= 4 is 5.69 Å². The van der Waals surface area contributed by atoms with Gasteiger partial charge in [-0.05, 0) is 57.9 Å². The van der Waals surface area contributed by atoms with Crippen molar-refractivity contribution in [2.45, 2.75) is 71.2 Å². The molecule has 0 amide bonds. The number of rotatable bonds is 9. The predicted octanol–water partition coefficient (Wildman–Crippen LogP) is 4.00. The van der Waals surface area contributed by atoms with E-state index in [4.69, 9.17) is 4.74 Å². The molecule has 2 fully saturated rings. The van der Waals surface area contributed by atoms with Crippen LogP contribution in [-0.2, 0) is 11.3 Å². The molecule has 1 aliphatic carbocycles. The number of piperazine rings is 1. The fourth-order valence-electron chi connectivity index (χ4n) is 4.15. The fourth-order valence-corrected chi connectivity index (χ4v) is 4.15. The van der Waals surface area contributed by atoms with E-state index in [1.54, 1.807) is 0 Å². The van der Waals surface area contributed by atoms with Gasteiger partial charge in [0.2, 0.25) is 0 Å². The number of unbranched alkanes of at least 4 members (excludes halogenated alkanes) is 1. The van der Waals surface area contributed by atoms with E-state index in [1.807, 2.05) is 0 Å². The van der Waals surface area contributed by atoms with Gasteiger partial charge in [-0.1, -0.05) is 25.5 Å². The summed E-state index contributed by atoms with van der Waals surface area (Å²) in [5, 5.41) is 0. The van der Waals surface area contributed by atoms with E-state index in [-0.39, 0.29) is 0 Å². The van der Waals surface area contributed by atoms with Gasteiger partial charge < -0.3 is 9.64 Å². The maximum atomic E-state index is 5.92.